The molecule has 0 heterocycles. The van der Waals surface area contributed by atoms with Crippen molar-refractivity contribution in [2.24, 2.45) is 0 Å². The Morgan fingerprint density at radius 2 is 1.35 bits per heavy atom. The molecule has 0 aliphatic rings. The predicted molar refractivity (Wildman–Crippen MR) is 76.0 cm³/mol. The molecule has 0 nitrogen and oxygen atoms in total. The van der Waals surface area contributed by atoms with Gasteiger partial charge < -0.3 is 0 Å². The highest BCUT2D eigenvalue weighted by atomic mass is 14.0. The van der Waals surface area contributed by atoms with Crippen molar-refractivity contribution in [3.63, 3.8) is 0 Å². The van der Waals surface area contributed by atoms with Crippen molar-refractivity contribution < 1.29 is 0 Å². The molecule has 0 radical (unpaired) electrons. The third kappa shape index (κ3) is 3.07. The van der Waals surface area contributed by atoms with E-state index in [9.17, 15) is 0 Å². The second-order valence-corrected chi connectivity index (χ2v) is 4.60. The molecule has 0 fully saturated rings. The third-order valence-corrected chi connectivity index (χ3v) is 2.96. The topological polar surface area (TPSA) is 0 Å². The van der Waals surface area contributed by atoms with Crippen LogP contribution in [0.3, 0.4) is 0 Å². The zero-order valence-corrected chi connectivity index (χ0v) is 10.7. The molecule has 0 atom stereocenters. The van der Waals surface area contributed by atoms with E-state index in [1.807, 2.05) is 0 Å². The van der Waals surface area contributed by atoms with Gasteiger partial charge in [0.1, 0.15) is 0 Å². The quantitative estimate of drug-likeness (QED) is 0.641. The number of aryl methyl sites for hydroxylation is 3. The standard InChI is InChI=1S/C17H18/c1-13-4-7-16(8-5-13)9-11-17-10-6-14(2)12-15(17)3/h4-12H,1-3H3/b11-9+. The molecule has 86 valence electrons. The van der Waals surface area contributed by atoms with E-state index in [-0.39, 0.29) is 0 Å². The average Bonchev–Trinajstić information content (AvgIpc) is 2.30. The summed E-state index contributed by atoms with van der Waals surface area (Å²) in [4.78, 5) is 0. The number of hydrogen-bond donors (Lipinski definition) is 0. The fourth-order valence-corrected chi connectivity index (χ4v) is 1.88. The smallest absolute Gasteiger partial charge is 0.0227 e. The Hall–Kier alpha value is -1.82. The fourth-order valence-electron chi connectivity index (χ4n) is 1.88. The zero-order valence-electron chi connectivity index (χ0n) is 10.7. The van der Waals surface area contributed by atoms with E-state index in [4.69, 9.17) is 0 Å². The normalized spacial score (nSPS) is 11.0. The average molecular weight is 222 g/mol. The van der Waals surface area contributed by atoms with Crippen molar-refractivity contribution in [1.29, 1.82) is 0 Å². The zero-order chi connectivity index (χ0) is 12.3. The third-order valence-electron chi connectivity index (χ3n) is 2.96. The van der Waals surface area contributed by atoms with Gasteiger partial charge in [0.2, 0.25) is 0 Å². The highest BCUT2D eigenvalue weighted by Crippen LogP contribution is 2.14. The molecule has 0 aliphatic carbocycles. The van der Waals surface area contributed by atoms with Gasteiger partial charge in [-0.05, 0) is 37.5 Å². The lowest BCUT2D eigenvalue weighted by molar-refractivity contribution is 1.37. The lowest BCUT2D eigenvalue weighted by Gasteiger charge is -2.01. The lowest BCUT2D eigenvalue weighted by atomic mass is 10.0. The van der Waals surface area contributed by atoms with E-state index in [0.29, 0.717) is 0 Å². The minimum Gasteiger partial charge on any atom is -0.0587 e. The Morgan fingerprint density at radius 1 is 0.706 bits per heavy atom. The van der Waals surface area contributed by atoms with Gasteiger partial charge in [0.05, 0.1) is 0 Å². The molecule has 17 heavy (non-hydrogen) atoms. The number of benzene rings is 2. The summed E-state index contributed by atoms with van der Waals surface area (Å²) in [5.41, 5.74) is 6.48. The summed E-state index contributed by atoms with van der Waals surface area (Å²) in [5, 5.41) is 0. The van der Waals surface area contributed by atoms with Crippen LogP contribution in [0.5, 0.6) is 0 Å². The molecular weight excluding hydrogens is 204 g/mol. The minimum absolute atomic E-state index is 1.25. The first kappa shape index (κ1) is 11.7. The Balaban J connectivity index is 2.23. The Bertz CT molecular complexity index is 530. The van der Waals surface area contributed by atoms with Gasteiger partial charge in [-0.25, -0.2) is 0 Å². The first-order chi connectivity index (χ1) is 8.15. The maximum atomic E-state index is 2.22. The summed E-state index contributed by atoms with van der Waals surface area (Å²) in [6, 6.07) is 15.1. The van der Waals surface area contributed by atoms with Crippen LogP contribution in [-0.2, 0) is 0 Å². The first-order valence-corrected chi connectivity index (χ1v) is 5.97. The van der Waals surface area contributed by atoms with E-state index in [1.54, 1.807) is 0 Å². The second-order valence-electron chi connectivity index (χ2n) is 4.60. The molecule has 0 saturated carbocycles. The van der Waals surface area contributed by atoms with Crippen LogP contribution in [0, 0.1) is 20.8 Å². The van der Waals surface area contributed by atoms with E-state index in [0.717, 1.165) is 0 Å². The van der Waals surface area contributed by atoms with Crippen LogP contribution in [0.1, 0.15) is 27.8 Å². The maximum Gasteiger partial charge on any atom is -0.0227 e. The highest BCUT2D eigenvalue weighted by molar-refractivity contribution is 5.71. The summed E-state index contributed by atoms with van der Waals surface area (Å²) in [6.45, 7) is 6.39. The first-order valence-electron chi connectivity index (χ1n) is 5.97. The minimum atomic E-state index is 1.25. The number of rotatable bonds is 2. The van der Waals surface area contributed by atoms with Crippen molar-refractivity contribution in [2.45, 2.75) is 20.8 Å². The number of hydrogen-bond acceptors (Lipinski definition) is 0. The summed E-state index contributed by atoms with van der Waals surface area (Å²) in [5.74, 6) is 0. The molecule has 0 spiro atoms. The summed E-state index contributed by atoms with van der Waals surface area (Å²) < 4.78 is 0. The van der Waals surface area contributed by atoms with E-state index >= 15 is 0 Å². The highest BCUT2D eigenvalue weighted by Gasteiger charge is 1.94. The van der Waals surface area contributed by atoms with Crippen LogP contribution in [-0.4, -0.2) is 0 Å². The molecule has 0 aliphatic heterocycles. The van der Waals surface area contributed by atoms with Crippen LogP contribution >= 0.6 is 0 Å². The van der Waals surface area contributed by atoms with Gasteiger partial charge in [-0.1, -0.05) is 65.7 Å². The van der Waals surface area contributed by atoms with Crippen molar-refractivity contribution in [2.75, 3.05) is 0 Å². The fraction of sp³-hybridized carbons (Fsp3) is 0.176. The van der Waals surface area contributed by atoms with Gasteiger partial charge in [0.15, 0.2) is 0 Å². The molecule has 0 unspecified atom stereocenters. The predicted octanol–water partition coefficient (Wildman–Crippen LogP) is 4.78. The van der Waals surface area contributed by atoms with Crippen molar-refractivity contribution in [1.82, 2.24) is 0 Å². The van der Waals surface area contributed by atoms with Crippen LogP contribution < -0.4 is 0 Å². The largest absolute Gasteiger partial charge is 0.0587 e. The maximum absolute atomic E-state index is 2.22. The van der Waals surface area contributed by atoms with Crippen molar-refractivity contribution in [3.8, 4) is 0 Å². The Labute approximate surface area is 104 Å². The molecule has 0 heteroatoms. The van der Waals surface area contributed by atoms with Crippen LogP contribution in [0.25, 0.3) is 12.2 Å². The molecule has 0 bridgehead atoms. The molecule has 2 aromatic carbocycles. The Kier molecular flexibility index (Phi) is 3.43. The molecule has 2 aromatic rings. The lowest BCUT2D eigenvalue weighted by Crippen LogP contribution is -1.82. The molecule has 0 amide bonds. The van der Waals surface area contributed by atoms with Gasteiger partial charge in [0.25, 0.3) is 0 Å². The summed E-state index contributed by atoms with van der Waals surface area (Å²) in [6.07, 6.45) is 4.34. The van der Waals surface area contributed by atoms with Gasteiger partial charge in [0, 0.05) is 0 Å². The monoisotopic (exact) mass is 222 g/mol. The molecule has 0 aromatic heterocycles. The SMILES string of the molecule is Cc1ccc(/C=C/c2ccc(C)cc2C)cc1. The van der Waals surface area contributed by atoms with Gasteiger partial charge >= 0.3 is 0 Å². The summed E-state index contributed by atoms with van der Waals surface area (Å²) in [7, 11) is 0. The Morgan fingerprint density at radius 3 is 2.00 bits per heavy atom. The molecule has 0 N–H and O–H groups in total. The van der Waals surface area contributed by atoms with Crippen LogP contribution in [0.15, 0.2) is 42.5 Å². The summed E-state index contributed by atoms with van der Waals surface area (Å²) >= 11 is 0. The van der Waals surface area contributed by atoms with E-state index in [2.05, 4.69) is 75.4 Å². The van der Waals surface area contributed by atoms with Crippen LogP contribution in [0.2, 0.25) is 0 Å². The second kappa shape index (κ2) is 5.01. The van der Waals surface area contributed by atoms with Crippen LogP contribution in [0.4, 0.5) is 0 Å². The van der Waals surface area contributed by atoms with Gasteiger partial charge in [-0.2, -0.15) is 0 Å². The van der Waals surface area contributed by atoms with Crippen molar-refractivity contribution in [3.05, 3.63) is 70.3 Å². The van der Waals surface area contributed by atoms with Gasteiger partial charge in [-0.15, -0.1) is 0 Å². The van der Waals surface area contributed by atoms with E-state index < -0.39 is 0 Å². The van der Waals surface area contributed by atoms with Gasteiger partial charge in [-0.3, -0.25) is 0 Å². The molecular formula is C17H18. The van der Waals surface area contributed by atoms with Crippen molar-refractivity contribution >= 4 is 12.2 Å². The molecule has 2 rings (SSSR count). The van der Waals surface area contributed by atoms with E-state index in [1.165, 1.54) is 27.8 Å². The molecule has 0 saturated heterocycles.